The normalized spacial score (nSPS) is 22.2. The topological polar surface area (TPSA) is 666 Å². The molecule has 1 heterocycles. The number of nitrogens with one attached hydrogen (secondary N) is 12. The van der Waals surface area contributed by atoms with Crippen LogP contribution in [0.3, 0.4) is 0 Å². The third-order valence-electron chi connectivity index (χ3n) is 14.3. The molecule has 23 N–H and O–H groups in total. The van der Waals surface area contributed by atoms with E-state index in [-0.39, 0.29) is 30.8 Å². The molecule has 0 bridgehead atoms. The lowest BCUT2D eigenvalue weighted by Crippen LogP contribution is -2.61. The molecule has 0 radical (unpaired) electrons. The Morgan fingerprint density at radius 1 is 0.600 bits per heavy atom. The Bertz CT molecular complexity index is 3390. The van der Waals surface area contributed by atoms with E-state index >= 15 is 0 Å². The summed E-state index contributed by atoms with van der Waals surface area (Å²) >= 11 is 0. The van der Waals surface area contributed by atoms with E-state index in [0.717, 1.165) is 20.8 Å². The minimum atomic E-state index is -2.38. The number of aliphatic hydroxyl groups excluding tert-OH is 1. The van der Waals surface area contributed by atoms with Gasteiger partial charge in [-0.25, -0.2) is 9.59 Å². The van der Waals surface area contributed by atoms with Gasteiger partial charge < -0.3 is 116 Å². The molecule has 3 rings (SSSR count). The molecular weight excluding hydrogens is 1330 g/mol. The maximum atomic E-state index is 14.6. The largest absolute Gasteiger partial charge is 0.481 e. The van der Waals surface area contributed by atoms with Crippen LogP contribution in [0, 0.1) is 5.92 Å². The number of ketones is 1. The number of esters is 1. The number of cyclic esters (lactones) is 1. The van der Waals surface area contributed by atoms with Crippen LogP contribution in [-0.2, 0) is 97.6 Å². The zero-order chi connectivity index (χ0) is 75.1. The van der Waals surface area contributed by atoms with Gasteiger partial charge in [0.15, 0.2) is 5.78 Å². The highest BCUT2D eigenvalue weighted by molar-refractivity contribution is 6.05. The number of para-hydroxylation sites is 1. The number of alkyl carbamates (subject to hydrolysis) is 1. The van der Waals surface area contributed by atoms with Crippen LogP contribution in [0.15, 0.2) is 54.6 Å². The maximum absolute atomic E-state index is 14.6. The molecule has 1 aliphatic rings. The lowest BCUT2D eigenvalue weighted by atomic mass is 9.96. The van der Waals surface area contributed by atoms with Gasteiger partial charge >= 0.3 is 35.9 Å². The van der Waals surface area contributed by atoms with Gasteiger partial charge in [0, 0.05) is 24.2 Å². The zero-order valence-corrected chi connectivity index (χ0v) is 53.9. The summed E-state index contributed by atoms with van der Waals surface area (Å²) in [4.78, 5) is 253. The molecule has 13 amide bonds. The van der Waals surface area contributed by atoms with E-state index in [1.807, 2.05) is 26.6 Å². The van der Waals surface area contributed by atoms with E-state index in [0.29, 0.717) is 5.56 Å². The molecule has 12 atom stereocenters. The molecule has 546 valence electrons. The summed E-state index contributed by atoms with van der Waals surface area (Å²) in [6, 6.07) is -7.20. The van der Waals surface area contributed by atoms with Crippen molar-refractivity contribution in [2.24, 2.45) is 17.4 Å². The first kappa shape index (κ1) is 82.3. The van der Waals surface area contributed by atoms with Crippen molar-refractivity contribution < 1.29 is 126 Å². The van der Waals surface area contributed by atoms with Crippen LogP contribution < -0.4 is 81.0 Å². The van der Waals surface area contributed by atoms with E-state index in [1.165, 1.54) is 24.3 Å². The molecule has 1 aliphatic heterocycles. The smallest absolute Gasteiger partial charge is 0.407 e. The quantitative estimate of drug-likeness (QED) is 0.0190. The number of ether oxygens (including phenoxy) is 2. The lowest BCUT2D eigenvalue weighted by molar-refractivity contribution is -0.156. The summed E-state index contributed by atoms with van der Waals surface area (Å²) in [7, 11) is 0. The number of amides is 13. The number of nitrogen functional groups attached to an aromatic ring is 1. The summed E-state index contributed by atoms with van der Waals surface area (Å²) < 4.78 is 10.8. The second-order valence-corrected chi connectivity index (χ2v) is 22.4. The maximum Gasteiger partial charge on any atom is 0.407 e. The van der Waals surface area contributed by atoms with Crippen molar-refractivity contribution >= 4 is 118 Å². The number of Topliss-reactive ketones (excluding diaryl/α,β-unsaturated/α-hetero) is 1. The van der Waals surface area contributed by atoms with Crippen molar-refractivity contribution in [1.29, 1.82) is 0 Å². The third-order valence-corrected chi connectivity index (χ3v) is 14.3. The van der Waals surface area contributed by atoms with Gasteiger partial charge in [-0.15, -0.1) is 0 Å². The van der Waals surface area contributed by atoms with Crippen molar-refractivity contribution in [3.8, 4) is 0 Å². The standard InChI is InChI=1S/C59H79N15O26/c1-26(16-43(80)81)47-57(96)72-37(18-39(76)30-12-7-8-13-31(30)60)58(97)100-28(3)48(74-54(93)36(21-46(86)87)70-50(89)32(61)17-40(62)77)56(95)65-23-41(78)67-33(14-9-15-63-59(98)99-25-29-10-5-4-6-11-29)52(91)71-35(20-45(84)85)53(92)66-27(2)49(88)69-34(19-44(82)83)51(90)64-22-42(79)68-38(24-75)55(94)73-47/h4-8,10-13,26-28,32-38,47-48,75H,9,14-25,60-61H2,1-3H3,(H2,62,77)(H,63,98)(H,64,90)(H,65,95)(H,66,92)(H,67,78)(H,68,79)(H,69,88)(H,70,89)(H,71,91)(H,72,96)(H,73,94)(H,74,93)(H,80,81)(H,82,83)(H,84,85)(H,86,87)/t26-,27-,28-,32-,33+,34+,35+,36+,37+,38-,47+,48+/m1/s1. The first-order valence-electron chi connectivity index (χ1n) is 30.3. The number of anilines is 1. The van der Waals surface area contributed by atoms with E-state index < -0.39 is 250 Å². The summed E-state index contributed by atoms with van der Waals surface area (Å²) in [5, 5.41) is 74.4. The average Bonchev–Trinajstić information content (AvgIpc) is 0.844. The molecule has 100 heavy (non-hydrogen) atoms. The number of aliphatic hydroxyl groups is 1. The summed E-state index contributed by atoms with van der Waals surface area (Å²) in [5.41, 5.74) is 17.0. The van der Waals surface area contributed by atoms with Gasteiger partial charge in [-0.05, 0) is 50.3 Å². The lowest BCUT2D eigenvalue weighted by Gasteiger charge is -2.30. The van der Waals surface area contributed by atoms with Crippen LogP contribution in [0.1, 0.15) is 88.1 Å². The Kier molecular flexibility index (Phi) is 33.4. The number of benzene rings is 2. The van der Waals surface area contributed by atoms with Crippen LogP contribution >= 0.6 is 0 Å². The van der Waals surface area contributed by atoms with Crippen LogP contribution in [0.5, 0.6) is 0 Å². The molecule has 0 saturated carbocycles. The molecule has 1 saturated heterocycles. The highest BCUT2D eigenvalue weighted by atomic mass is 16.6. The first-order valence-corrected chi connectivity index (χ1v) is 30.3. The minimum absolute atomic E-state index is 0.180. The Hall–Kier alpha value is -11.9. The van der Waals surface area contributed by atoms with E-state index in [4.69, 9.17) is 26.7 Å². The Morgan fingerprint density at radius 3 is 1.72 bits per heavy atom. The number of rotatable bonds is 25. The summed E-state index contributed by atoms with van der Waals surface area (Å²) in [6.07, 6.45) is -10.5. The number of carboxylic acid groups (broad SMARTS) is 4. The predicted octanol–water partition coefficient (Wildman–Crippen LogP) is -8.16. The zero-order valence-electron chi connectivity index (χ0n) is 53.9. The van der Waals surface area contributed by atoms with Crippen LogP contribution in [0.25, 0.3) is 0 Å². The highest BCUT2D eigenvalue weighted by Crippen LogP contribution is 2.18. The number of aliphatic carboxylic acids is 4. The SMILES string of the molecule is C[C@H](CC(=O)O)[C@@H]1NC(=O)[C@@H](CO)NC(=O)CNC(=O)[C@H](CC(=O)O)NC(=O)[C@@H](C)NC(=O)[C@H](CC(=O)O)NC(=O)[C@H](CCCNC(=O)OCc2ccccc2)NC(=O)CNC(=O)[C@@H](NC(=O)[C@H](CC(=O)O)NC(=O)[C@H](N)CC(N)=O)[C@@H](C)OC(=O)[C@H](CC(=O)c2ccccc2N)NC1=O. The van der Waals surface area contributed by atoms with Crippen molar-refractivity contribution in [2.45, 2.75) is 145 Å². The first-order chi connectivity index (χ1) is 47.0. The average molecular weight is 1410 g/mol. The van der Waals surface area contributed by atoms with Crippen LogP contribution in [0.2, 0.25) is 0 Å². The fourth-order valence-corrected chi connectivity index (χ4v) is 9.08. The monoisotopic (exact) mass is 1410 g/mol. The highest BCUT2D eigenvalue weighted by Gasteiger charge is 2.40. The minimum Gasteiger partial charge on any atom is -0.481 e. The molecule has 41 nitrogen and oxygen atoms in total. The van der Waals surface area contributed by atoms with Gasteiger partial charge in [-0.3, -0.25) is 81.5 Å². The van der Waals surface area contributed by atoms with Gasteiger partial charge in [-0.2, -0.15) is 0 Å². The molecule has 1 fully saturated rings. The molecule has 0 unspecified atom stereocenters. The number of carbonyl (C=O) groups is 19. The molecular formula is C59H79N15O26. The molecule has 2 aromatic rings. The van der Waals surface area contributed by atoms with Crippen LogP contribution in [0.4, 0.5) is 10.5 Å². The Balaban J connectivity index is 2.27. The van der Waals surface area contributed by atoms with Crippen molar-refractivity contribution in [3.63, 3.8) is 0 Å². The fourth-order valence-electron chi connectivity index (χ4n) is 9.08. The van der Waals surface area contributed by atoms with Crippen molar-refractivity contribution in [2.75, 3.05) is 32.0 Å². The van der Waals surface area contributed by atoms with Gasteiger partial charge in [-0.1, -0.05) is 49.4 Å². The third kappa shape index (κ3) is 28.8. The molecule has 0 spiro atoms. The van der Waals surface area contributed by atoms with Gasteiger partial charge in [0.25, 0.3) is 0 Å². The number of nitrogens with two attached hydrogens (primary N) is 3. The van der Waals surface area contributed by atoms with E-state index in [9.17, 15) is 117 Å². The Labute approximate surface area is 567 Å². The van der Waals surface area contributed by atoms with Gasteiger partial charge in [0.1, 0.15) is 67.1 Å². The van der Waals surface area contributed by atoms with Crippen LogP contribution in [-0.4, -0.2) is 231 Å². The number of carbonyl (C=O) groups excluding carboxylic acids is 15. The molecule has 0 aliphatic carbocycles. The Morgan fingerprint density at radius 2 is 1.14 bits per heavy atom. The van der Waals surface area contributed by atoms with Crippen molar-refractivity contribution in [1.82, 2.24) is 63.8 Å². The van der Waals surface area contributed by atoms with Gasteiger partial charge in [0.2, 0.25) is 70.9 Å². The molecule has 2 aromatic carbocycles. The number of hydrogen-bond acceptors (Lipinski definition) is 24. The fraction of sp³-hybridized carbons (Fsp3) is 0.475. The number of carboxylic acids is 4. The van der Waals surface area contributed by atoms with E-state index in [1.54, 1.807) is 30.3 Å². The number of primary amides is 1. The number of hydrogen-bond donors (Lipinski definition) is 20. The molecule has 0 aromatic heterocycles. The summed E-state index contributed by atoms with van der Waals surface area (Å²) in [5.74, 6) is -27.7. The second-order valence-electron chi connectivity index (χ2n) is 22.4. The van der Waals surface area contributed by atoms with Crippen molar-refractivity contribution in [3.05, 3.63) is 65.7 Å². The predicted molar refractivity (Wildman–Crippen MR) is 335 cm³/mol. The summed E-state index contributed by atoms with van der Waals surface area (Å²) in [6.45, 7) is -1.26. The van der Waals surface area contributed by atoms with E-state index in [2.05, 4.69) is 37.2 Å². The molecule has 41 heteroatoms. The van der Waals surface area contributed by atoms with Gasteiger partial charge in [0.05, 0.1) is 57.8 Å². The second kappa shape index (κ2) is 40.6.